The fourth-order valence-electron chi connectivity index (χ4n) is 1.49. The van der Waals surface area contributed by atoms with E-state index in [0.717, 1.165) is 12.1 Å². The summed E-state index contributed by atoms with van der Waals surface area (Å²) in [6, 6.07) is 9.68. The molecule has 1 aromatic heterocycles. The zero-order valence-corrected chi connectivity index (χ0v) is 9.57. The third kappa shape index (κ3) is 3.22. The van der Waals surface area contributed by atoms with Crippen LogP contribution < -0.4 is 5.32 Å². The highest BCUT2D eigenvalue weighted by Gasteiger charge is 2.30. The van der Waals surface area contributed by atoms with Gasteiger partial charge in [0.05, 0.1) is 17.2 Å². The van der Waals surface area contributed by atoms with Crippen molar-refractivity contribution in [2.45, 2.75) is 6.18 Å². The highest BCUT2D eigenvalue weighted by Crippen LogP contribution is 2.31. The van der Waals surface area contributed by atoms with Crippen LogP contribution in [0.1, 0.15) is 11.1 Å². The molecule has 96 valence electrons. The maximum Gasteiger partial charge on any atom is 0.416 e. The maximum absolute atomic E-state index is 12.5. The second kappa shape index (κ2) is 4.98. The maximum atomic E-state index is 12.5. The Morgan fingerprint density at radius 3 is 2.63 bits per heavy atom. The lowest BCUT2D eigenvalue weighted by Crippen LogP contribution is -2.05. The number of benzene rings is 1. The summed E-state index contributed by atoms with van der Waals surface area (Å²) >= 11 is 0. The minimum absolute atomic E-state index is 0.261. The zero-order chi connectivity index (χ0) is 13.9. The standard InChI is InChI=1S/C13H8F3N3/c14-13(15,16)10-2-1-3-11(7-10)19-12-6-9(8-17)4-5-18-12/h1-7H,(H,18,19). The third-order valence-electron chi connectivity index (χ3n) is 2.35. The van der Waals surface area contributed by atoms with Crippen molar-refractivity contribution in [3.8, 4) is 6.07 Å². The summed E-state index contributed by atoms with van der Waals surface area (Å²) in [5, 5.41) is 11.5. The molecule has 3 nitrogen and oxygen atoms in total. The van der Waals surface area contributed by atoms with Crippen LogP contribution in [0.4, 0.5) is 24.7 Å². The fourth-order valence-corrected chi connectivity index (χ4v) is 1.49. The van der Waals surface area contributed by atoms with Crippen LogP contribution in [0.15, 0.2) is 42.6 Å². The smallest absolute Gasteiger partial charge is 0.340 e. The van der Waals surface area contributed by atoms with Crippen molar-refractivity contribution < 1.29 is 13.2 Å². The molecule has 0 spiro atoms. The molecule has 0 aliphatic rings. The summed E-state index contributed by atoms with van der Waals surface area (Å²) in [4.78, 5) is 3.93. The molecule has 0 aliphatic carbocycles. The van der Waals surface area contributed by atoms with E-state index in [1.165, 1.54) is 30.5 Å². The summed E-state index contributed by atoms with van der Waals surface area (Å²) in [6.07, 6.45) is -2.98. The lowest BCUT2D eigenvalue weighted by molar-refractivity contribution is -0.137. The Morgan fingerprint density at radius 1 is 1.16 bits per heavy atom. The van der Waals surface area contributed by atoms with Crippen LogP contribution in [0.2, 0.25) is 0 Å². The zero-order valence-electron chi connectivity index (χ0n) is 9.57. The van der Waals surface area contributed by atoms with E-state index in [0.29, 0.717) is 11.4 Å². The van der Waals surface area contributed by atoms with E-state index >= 15 is 0 Å². The van der Waals surface area contributed by atoms with Gasteiger partial charge in [0, 0.05) is 11.9 Å². The number of rotatable bonds is 2. The van der Waals surface area contributed by atoms with Crippen LogP contribution in [0, 0.1) is 11.3 Å². The summed E-state index contributed by atoms with van der Waals surface area (Å²) < 4.78 is 37.6. The van der Waals surface area contributed by atoms with Crippen LogP contribution in [0.3, 0.4) is 0 Å². The number of alkyl halides is 3. The highest BCUT2D eigenvalue weighted by atomic mass is 19.4. The number of anilines is 2. The molecule has 0 atom stereocenters. The predicted molar refractivity (Wildman–Crippen MR) is 63.7 cm³/mol. The molecule has 0 fully saturated rings. The van der Waals surface area contributed by atoms with Crippen molar-refractivity contribution in [1.82, 2.24) is 4.98 Å². The number of nitrogens with zero attached hydrogens (tertiary/aromatic N) is 2. The van der Waals surface area contributed by atoms with E-state index in [1.54, 1.807) is 0 Å². The van der Waals surface area contributed by atoms with Gasteiger partial charge in [-0.25, -0.2) is 4.98 Å². The summed E-state index contributed by atoms with van der Waals surface area (Å²) in [7, 11) is 0. The minimum Gasteiger partial charge on any atom is -0.340 e. The fraction of sp³-hybridized carbons (Fsp3) is 0.0769. The summed E-state index contributed by atoms with van der Waals surface area (Å²) in [6.45, 7) is 0. The number of hydrogen-bond donors (Lipinski definition) is 1. The topological polar surface area (TPSA) is 48.7 Å². The van der Waals surface area contributed by atoms with Crippen LogP contribution in [-0.4, -0.2) is 4.98 Å². The quantitative estimate of drug-likeness (QED) is 0.898. The van der Waals surface area contributed by atoms with Crippen molar-refractivity contribution in [3.05, 3.63) is 53.7 Å². The average molecular weight is 263 g/mol. The Balaban J connectivity index is 2.26. The van der Waals surface area contributed by atoms with Gasteiger partial charge in [0.2, 0.25) is 0 Å². The van der Waals surface area contributed by atoms with Gasteiger partial charge >= 0.3 is 6.18 Å². The first-order valence-corrected chi connectivity index (χ1v) is 5.29. The molecule has 0 unspecified atom stereocenters. The molecule has 1 heterocycles. The molecule has 0 radical (unpaired) electrons. The first kappa shape index (κ1) is 12.9. The molecule has 0 aliphatic heterocycles. The van der Waals surface area contributed by atoms with Crippen molar-refractivity contribution in [1.29, 1.82) is 5.26 Å². The van der Waals surface area contributed by atoms with Gasteiger partial charge in [-0.1, -0.05) is 6.07 Å². The van der Waals surface area contributed by atoms with Crippen molar-refractivity contribution in [2.75, 3.05) is 5.32 Å². The third-order valence-corrected chi connectivity index (χ3v) is 2.35. The Bertz CT molecular complexity index is 630. The normalized spacial score (nSPS) is 10.8. The number of nitriles is 1. The van der Waals surface area contributed by atoms with Crippen LogP contribution >= 0.6 is 0 Å². The molecule has 1 N–H and O–H groups in total. The molecule has 0 bridgehead atoms. The number of pyridine rings is 1. The Morgan fingerprint density at radius 2 is 1.95 bits per heavy atom. The van der Waals surface area contributed by atoms with Gasteiger partial charge in [-0.15, -0.1) is 0 Å². The largest absolute Gasteiger partial charge is 0.416 e. The lowest BCUT2D eigenvalue weighted by Gasteiger charge is -2.10. The second-order valence-electron chi connectivity index (χ2n) is 3.75. The monoisotopic (exact) mass is 263 g/mol. The average Bonchev–Trinajstić information content (AvgIpc) is 2.38. The van der Waals surface area contributed by atoms with Crippen molar-refractivity contribution in [3.63, 3.8) is 0 Å². The van der Waals surface area contributed by atoms with Crippen molar-refractivity contribution >= 4 is 11.5 Å². The molecular weight excluding hydrogens is 255 g/mol. The van der Waals surface area contributed by atoms with E-state index in [9.17, 15) is 13.2 Å². The number of hydrogen-bond acceptors (Lipinski definition) is 3. The molecule has 0 saturated heterocycles. The highest BCUT2D eigenvalue weighted by molar-refractivity contribution is 5.58. The molecular formula is C13H8F3N3. The van der Waals surface area contributed by atoms with E-state index in [4.69, 9.17) is 5.26 Å². The summed E-state index contributed by atoms with van der Waals surface area (Å²) in [5.74, 6) is 0.318. The second-order valence-corrected chi connectivity index (χ2v) is 3.75. The van der Waals surface area contributed by atoms with Crippen LogP contribution in [0.5, 0.6) is 0 Å². The number of halogens is 3. The SMILES string of the molecule is N#Cc1ccnc(Nc2cccc(C(F)(F)F)c2)c1. The van der Waals surface area contributed by atoms with Gasteiger partial charge in [-0.2, -0.15) is 18.4 Å². The molecule has 6 heteroatoms. The molecule has 1 aromatic carbocycles. The van der Waals surface area contributed by atoms with E-state index in [1.807, 2.05) is 6.07 Å². The van der Waals surface area contributed by atoms with Crippen LogP contribution in [0.25, 0.3) is 0 Å². The van der Waals surface area contributed by atoms with Gasteiger partial charge < -0.3 is 5.32 Å². The minimum atomic E-state index is -4.39. The molecule has 2 aromatic rings. The van der Waals surface area contributed by atoms with E-state index in [2.05, 4.69) is 10.3 Å². The van der Waals surface area contributed by atoms with Gasteiger partial charge in [0.1, 0.15) is 5.82 Å². The van der Waals surface area contributed by atoms with Gasteiger partial charge in [0.15, 0.2) is 0 Å². The lowest BCUT2D eigenvalue weighted by atomic mass is 10.2. The Labute approximate surface area is 107 Å². The molecule has 19 heavy (non-hydrogen) atoms. The molecule has 2 rings (SSSR count). The van der Waals surface area contributed by atoms with Gasteiger partial charge in [-0.05, 0) is 30.3 Å². The van der Waals surface area contributed by atoms with E-state index in [-0.39, 0.29) is 5.69 Å². The van der Waals surface area contributed by atoms with Gasteiger partial charge in [0.25, 0.3) is 0 Å². The van der Waals surface area contributed by atoms with E-state index < -0.39 is 11.7 Å². The van der Waals surface area contributed by atoms with Gasteiger partial charge in [-0.3, -0.25) is 0 Å². The number of nitrogens with one attached hydrogen (secondary N) is 1. The molecule has 0 amide bonds. The number of aromatic nitrogens is 1. The van der Waals surface area contributed by atoms with Crippen molar-refractivity contribution in [2.24, 2.45) is 0 Å². The first-order valence-electron chi connectivity index (χ1n) is 5.29. The Hall–Kier alpha value is -2.55. The first-order chi connectivity index (χ1) is 8.99. The predicted octanol–water partition coefficient (Wildman–Crippen LogP) is 3.72. The Kier molecular flexibility index (Phi) is 3.38. The molecule has 0 saturated carbocycles. The summed E-state index contributed by atoms with van der Waals surface area (Å²) in [5.41, 5.74) is -0.101. The van der Waals surface area contributed by atoms with Crippen LogP contribution in [-0.2, 0) is 6.18 Å².